The summed E-state index contributed by atoms with van der Waals surface area (Å²) in [7, 11) is 1.53. The van der Waals surface area contributed by atoms with Crippen LogP contribution in [0, 0.1) is 5.82 Å². The molecule has 11 nitrogen and oxygen atoms in total. The number of anilines is 1. The van der Waals surface area contributed by atoms with Gasteiger partial charge in [-0.05, 0) is 41.5 Å². The molecular weight excluding hydrogens is 555 g/mol. The molecule has 6 rings (SSSR count). The molecule has 4 aromatic rings. The molecular formula is C31H29FN6O5. The van der Waals surface area contributed by atoms with Gasteiger partial charge in [0.05, 0.1) is 18.7 Å². The lowest BCUT2D eigenvalue weighted by molar-refractivity contribution is -0.123. The Morgan fingerprint density at radius 3 is 2.79 bits per heavy atom. The summed E-state index contributed by atoms with van der Waals surface area (Å²) >= 11 is 0. The smallest absolute Gasteiger partial charge is 0.258 e. The molecule has 6 bridgehead atoms. The number of fused-ring (bicyclic) bond motifs is 8. The minimum Gasteiger partial charge on any atom is -0.488 e. The van der Waals surface area contributed by atoms with Crippen LogP contribution in [0.4, 0.5) is 10.3 Å². The predicted octanol–water partition coefficient (Wildman–Crippen LogP) is 3.15. The minimum absolute atomic E-state index is 0.0830. The average Bonchev–Trinajstić information content (AvgIpc) is 3.03. The topological polar surface area (TPSA) is 128 Å². The number of amides is 2. The maximum Gasteiger partial charge on any atom is 0.258 e. The van der Waals surface area contributed by atoms with Crippen LogP contribution >= 0.6 is 0 Å². The standard InChI is InChI=1S/C31H29FN6O5/c1-41-29-5-7-34-31(37-29)38-8-6-27-26(17-38)36-30(40)22-11-21(15-33-16-22)20-3-2-4-24(12-20)42-18-28(39)35-14-19-9-23(32)13-25(10-19)43-27/h2-5,7,9-13,15-16,26-27H,6,8,14,17-18H2,1H3,(H,35,39)(H,36,40)/t26-,27+/m1/s1. The van der Waals surface area contributed by atoms with Gasteiger partial charge in [0.15, 0.2) is 6.61 Å². The van der Waals surface area contributed by atoms with Crippen molar-refractivity contribution in [3.05, 3.63) is 90.1 Å². The first-order valence-corrected chi connectivity index (χ1v) is 13.8. The molecule has 1 saturated heterocycles. The van der Waals surface area contributed by atoms with Crippen molar-refractivity contribution in [1.82, 2.24) is 25.6 Å². The Morgan fingerprint density at radius 1 is 1.02 bits per heavy atom. The lowest BCUT2D eigenvalue weighted by Crippen LogP contribution is -2.57. The molecule has 2 aromatic heterocycles. The highest BCUT2D eigenvalue weighted by Crippen LogP contribution is 2.27. The molecule has 12 heteroatoms. The molecule has 2 aliphatic heterocycles. The van der Waals surface area contributed by atoms with Gasteiger partial charge in [-0.25, -0.2) is 9.37 Å². The molecule has 1 fully saturated rings. The van der Waals surface area contributed by atoms with E-state index in [9.17, 15) is 14.0 Å². The van der Waals surface area contributed by atoms with E-state index in [0.29, 0.717) is 53.8 Å². The number of carbonyl (C=O) groups is 2. The first kappa shape index (κ1) is 27.9. The van der Waals surface area contributed by atoms with Gasteiger partial charge in [-0.3, -0.25) is 14.6 Å². The van der Waals surface area contributed by atoms with Gasteiger partial charge < -0.3 is 29.7 Å². The third-order valence-corrected chi connectivity index (χ3v) is 7.22. The molecule has 2 N–H and O–H groups in total. The number of benzene rings is 2. The molecule has 0 aliphatic carbocycles. The van der Waals surface area contributed by atoms with Crippen molar-refractivity contribution in [3.63, 3.8) is 0 Å². The SMILES string of the molecule is COc1ccnc(N2CC[C@@H]3Oc4cc(F)cc(c4)CNC(=O)COc4cccc(c4)-c4cncc(c4)C(=O)N[C@@H]3C2)n1. The van der Waals surface area contributed by atoms with Crippen molar-refractivity contribution >= 4 is 17.8 Å². The fourth-order valence-corrected chi connectivity index (χ4v) is 5.10. The molecule has 2 amide bonds. The second-order valence-electron chi connectivity index (χ2n) is 10.2. The summed E-state index contributed by atoms with van der Waals surface area (Å²) in [5.41, 5.74) is 2.34. The molecule has 0 unspecified atom stereocenters. The lowest BCUT2D eigenvalue weighted by Gasteiger charge is -2.38. The molecule has 220 valence electrons. The van der Waals surface area contributed by atoms with Gasteiger partial charge in [0.1, 0.15) is 23.4 Å². The maximum absolute atomic E-state index is 14.6. The fourth-order valence-electron chi connectivity index (χ4n) is 5.10. The van der Waals surface area contributed by atoms with E-state index in [1.54, 1.807) is 48.8 Å². The number of carbonyl (C=O) groups excluding carboxylic acids is 2. The largest absolute Gasteiger partial charge is 0.488 e. The monoisotopic (exact) mass is 584 g/mol. The van der Waals surface area contributed by atoms with Gasteiger partial charge in [0.25, 0.3) is 11.8 Å². The third-order valence-electron chi connectivity index (χ3n) is 7.22. The zero-order chi connectivity index (χ0) is 29.8. The highest BCUT2D eigenvalue weighted by atomic mass is 19.1. The van der Waals surface area contributed by atoms with Crippen molar-refractivity contribution < 1.29 is 28.2 Å². The lowest BCUT2D eigenvalue weighted by atomic mass is 10.0. The van der Waals surface area contributed by atoms with Crippen LogP contribution in [0.25, 0.3) is 11.1 Å². The van der Waals surface area contributed by atoms with Crippen LogP contribution in [0.5, 0.6) is 17.4 Å². The Morgan fingerprint density at radius 2 is 1.91 bits per heavy atom. The van der Waals surface area contributed by atoms with Crippen LogP contribution in [0.1, 0.15) is 22.3 Å². The summed E-state index contributed by atoms with van der Waals surface area (Å²) in [6.45, 7) is 0.712. The van der Waals surface area contributed by atoms with Gasteiger partial charge in [-0.1, -0.05) is 12.1 Å². The second kappa shape index (κ2) is 12.3. The van der Waals surface area contributed by atoms with E-state index >= 15 is 0 Å². The first-order chi connectivity index (χ1) is 20.9. The van der Waals surface area contributed by atoms with Crippen molar-refractivity contribution in [2.24, 2.45) is 0 Å². The highest BCUT2D eigenvalue weighted by molar-refractivity contribution is 5.95. The predicted molar refractivity (Wildman–Crippen MR) is 154 cm³/mol. The van der Waals surface area contributed by atoms with Crippen molar-refractivity contribution in [2.45, 2.75) is 25.1 Å². The highest BCUT2D eigenvalue weighted by Gasteiger charge is 2.34. The van der Waals surface area contributed by atoms with Crippen LogP contribution in [0.2, 0.25) is 0 Å². The number of piperidine rings is 1. The average molecular weight is 585 g/mol. The Bertz CT molecular complexity index is 1650. The molecule has 43 heavy (non-hydrogen) atoms. The van der Waals surface area contributed by atoms with Crippen LogP contribution in [0.3, 0.4) is 0 Å². The number of halogens is 1. The molecule has 0 spiro atoms. The van der Waals surface area contributed by atoms with Crippen LogP contribution in [-0.4, -0.2) is 65.7 Å². The number of methoxy groups -OCH3 is 1. The molecule has 0 radical (unpaired) electrons. The number of nitrogens with zero attached hydrogens (tertiary/aromatic N) is 4. The van der Waals surface area contributed by atoms with Crippen LogP contribution in [-0.2, 0) is 11.3 Å². The zero-order valence-corrected chi connectivity index (χ0v) is 23.3. The summed E-state index contributed by atoms with van der Waals surface area (Å²) in [4.78, 5) is 41.2. The van der Waals surface area contributed by atoms with E-state index in [0.717, 1.165) is 5.56 Å². The number of hydrogen-bond donors (Lipinski definition) is 2. The first-order valence-electron chi connectivity index (χ1n) is 13.8. The van der Waals surface area contributed by atoms with Gasteiger partial charge in [0.2, 0.25) is 11.8 Å². The van der Waals surface area contributed by atoms with Crippen LogP contribution < -0.4 is 29.7 Å². The summed E-state index contributed by atoms with van der Waals surface area (Å²) in [6, 6.07) is 14.3. The number of ether oxygens (including phenoxy) is 3. The van der Waals surface area contributed by atoms with Crippen molar-refractivity contribution in [2.75, 3.05) is 31.7 Å². The molecule has 2 aliphatic rings. The fraction of sp³-hybridized carbons (Fsp3) is 0.258. The van der Waals surface area contributed by atoms with E-state index in [1.807, 2.05) is 11.0 Å². The Balaban J connectivity index is 1.35. The number of aromatic nitrogens is 3. The normalized spacial score (nSPS) is 18.8. The van der Waals surface area contributed by atoms with Gasteiger partial charge in [-0.2, -0.15) is 4.98 Å². The van der Waals surface area contributed by atoms with E-state index in [4.69, 9.17) is 14.2 Å². The van der Waals surface area contributed by atoms with E-state index in [-0.39, 0.29) is 30.7 Å². The van der Waals surface area contributed by atoms with E-state index < -0.39 is 18.0 Å². The zero-order valence-electron chi connectivity index (χ0n) is 23.3. The van der Waals surface area contributed by atoms with Gasteiger partial charge in [-0.15, -0.1) is 0 Å². The van der Waals surface area contributed by atoms with Gasteiger partial charge >= 0.3 is 0 Å². The summed E-state index contributed by atoms with van der Waals surface area (Å²) < 4.78 is 31.9. The number of rotatable bonds is 2. The van der Waals surface area contributed by atoms with Crippen molar-refractivity contribution in [3.8, 4) is 28.5 Å². The molecule has 0 saturated carbocycles. The Kier molecular flexibility index (Phi) is 7.98. The quantitative estimate of drug-likeness (QED) is 0.365. The Hall–Kier alpha value is -5.26. The molecule has 2 atom stereocenters. The van der Waals surface area contributed by atoms with E-state index in [1.165, 1.54) is 25.4 Å². The van der Waals surface area contributed by atoms with E-state index in [2.05, 4.69) is 25.6 Å². The van der Waals surface area contributed by atoms with Gasteiger partial charge in [0, 0.05) is 62.3 Å². The number of nitrogens with one attached hydrogen (secondary N) is 2. The number of hydrogen-bond acceptors (Lipinski definition) is 9. The molecule has 2 aromatic carbocycles. The number of pyridine rings is 1. The third kappa shape index (κ3) is 6.64. The summed E-state index contributed by atoms with van der Waals surface area (Å²) in [5.74, 6) is 0.426. The molecule has 4 heterocycles. The summed E-state index contributed by atoms with van der Waals surface area (Å²) in [6.07, 6.45) is 4.74. The Labute approximate surface area is 247 Å². The second-order valence-corrected chi connectivity index (χ2v) is 10.2. The maximum atomic E-state index is 14.6. The minimum atomic E-state index is -0.523. The van der Waals surface area contributed by atoms with Crippen molar-refractivity contribution in [1.29, 1.82) is 0 Å². The van der Waals surface area contributed by atoms with Crippen LogP contribution in [0.15, 0.2) is 73.2 Å². The summed E-state index contributed by atoms with van der Waals surface area (Å²) in [5, 5.41) is 5.85.